The molecule has 0 bridgehead atoms. The fourth-order valence-corrected chi connectivity index (χ4v) is 3.36. The molecule has 0 amide bonds. The molecule has 0 aliphatic rings. The van der Waals surface area contributed by atoms with Crippen molar-refractivity contribution in [1.29, 1.82) is 0 Å². The molecular weight excluding hydrogens is 318 g/mol. The number of hydrogen-bond donors (Lipinski definition) is 1. The highest BCUT2D eigenvalue weighted by Crippen LogP contribution is 2.19. The van der Waals surface area contributed by atoms with Gasteiger partial charge in [-0.2, -0.15) is 0 Å². The summed E-state index contributed by atoms with van der Waals surface area (Å²) in [4.78, 5) is 14.3. The monoisotopic (exact) mass is 335 g/mol. The standard InChI is InChI=1S/C15H17N3O4S/c1-12-10-16-8-6-13(12)7-9-17-23(21,22)11-14-4-2-3-5-15(14)18(19)20/h2-6,8,10,17H,7,9,11H2,1H3. The van der Waals surface area contributed by atoms with Gasteiger partial charge in [-0.05, 0) is 30.5 Å². The summed E-state index contributed by atoms with van der Waals surface area (Å²) in [5.41, 5.74) is 1.98. The second-order valence-corrected chi connectivity index (χ2v) is 6.90. The summed E-state index contributed by atoms with van der Waals surface area (Å²) in [6.07, 6.45) is 3.91. The number of rotatable bonds is 7. The van der Waals surface area contributed by atoms with E-state index < -0.39 is 20.7 Å². The second-order valence-electron chi connectivity index (χ2n) is 5.09. The summed E-state index contributed by atoms with van der Waals surface area (Å²) in [6.45, 7) is 2.14. The maximum absolute atomic E-state index is 12.1. The van der Waals surface area contributed by atoms with Crippen LogP contribution in [0.2, 0.25) is 0 Å². The van der Waals surface area contributed by atoms with E-state index in [1.165, 1.54) is 18.2 Å². The number of pyridine rings is 1. The number of aromatic nitrogens is 1. The summed E-state index contributed by atoms with van der Waals surface area (Å²) >= 11 is 0. The minimum atomic E-state index is -3.64. The summed E-state index contributed by atoms with van der Waals surface area (Å²) < 4.78 is 26.7. The summed E-state index contributed by atoms with van der Waals surface area (Å²) in [6, 6.07) is 7.67. The zero-order chi connectivity index (χ0) is 16.9. The molecule has 0 unspecified atom stereocenters. The molecule has 1 heterocycles. The van der Waals surface area contributed by atoms with E-state index in [-0.39, 0.29) is 17.8 Å². The van der Waals surface area contributed by atoms with Gasteiger partial charge < -0.3 is 0 Å². The first kappa shape index (κ1) is 17.0. The maximum atomic E-state index is 12.1. The van der Waals surface area contributed by atoms with Gasteiger partial charge in [0.25, 0.3) is 5.69 Å². The van der Waals surface area contributed by atoms with E-state index in [4.69, 9.17) is 0 Å². The Kier molecular flexibility index (Phi) is 5.41. The molecule has 0 atom stereocenters. The lowest BCUT2D eigenvalue weighted by molar-refractivity contribution is -0.385. The molecule has 0 aliphatic carbocycles. The Morgan fingerprint density at radius 1 is 1.22 bits per heavy atom. The number of nitrogens with zero attached hydrogens (tertiary/aromatic N) is 2. The third-order valence-electron chi connectivity index (χ3n) is 3.39. The zero-order valence-electron chi connectivity index (χ0n) is 12.6. The van der Waals surface area contributed by atoms with Crippen LogP contribution in [0.25, 0.3) is 0 Å². The van der Waals surface area contributed by atoms with E-state index in [0.717, 1.165) is 11.1 Å². The van der Waals surface area contributed by atoms with Crippen molar-refractivity contribution >= 4 is 15.7 Å². The maximum Gasteiger partial charge on any atom is 0.273 e. The molecular formula is C15H17N3O4S. The Morgan fingerprint density at radius 3 is 2.65 bits per heavy atom. The van der Waals surface area contributed by atoms with Crippen LogP contribution in [0.5, 0.6) is 0 Å². The molecule has 8 heteroatoms. The smallest absolute Gasteiger partial charge is 0.264 e. The summed E-state index contributed by atoms with van der Waals surface area (Å²) in [5, 5.41) is 10.9. The summed E-state index contributed by atoms with van der Waals surface area (Å²) in [5.74, 6) is -0.417. The molecule has 1 aromatic heterocycles. The molecule has 1 N–H and O–H groups in total. The topological polar surface area (TPSA) is 102 Å². The lowest BCUT2D eigenvalue weighted by Gasteiger charge is -2.08. The first-order valence-corrected chi connectivity index (χ1v) is 8.63. The van der Waals surface area contributed by atoms with Crippen molar-refractivity contribution in [2.24, 2.45) is 0 Å². The molecule has 0 fully saturated rings. The number of aryl methyl sites for hydroxylation is 1. The Balaban J connectivity index is 2.00. The molecule has 2 aromatic rings. The zero-order valence-corrected chi connectivity index (χ0v) is 13.4. The van der Waals surface area contributed by atoms with Gasteiger partial charge in [-0.15, -0.1) is 0 Å². The largest absolute Gasteiger partial charge is 0.273 e. The predicted octanol–water partition coefficient (Wildman–Crippen LogP) is 1.96. The first-order chi connectivity index (χ1) is 10.9. The Bertz CT molecular complexity index is 806. The molecule has 7 nitrogen and oxygen atoms in total. The lowest BCUT2D eigenvalue weighted by atomic mass is 10.1. The van der Waals surface area contributed by atoms with Gasteiger partial charge in [0.2, 0.25) is 10.0 Å². The molecule has 0 spiro atoms. The van der Waals surface area contributed by atoms with Crippen molar-refractivity contribution in [2.45, 2.75) is 19.1 Å². The van der Waals surface area contributed by atoms with Gasteiger partial charge in [-0.25, -0.2) is 13.1 Å². The van der Waals surface area contributed by atoms with Gasteiger partial charge in [0, 0.05) is 30.6 Å². The normalized spacial score (nSPS) is 11.3. The Labute approximate surface area is 134 Å². The number of sulfonamides is 1. The highest BCUT2D eigenvalue weighted by atomic mass is 32.2. The van der Waals surface area contributed by atoms with E-state index in [1.54, 1.807) is 18.5 Å². The van der Waals surface area contributed by atoms with Crippen LogP contribution in [0, 0.1) is 17.0 Å². The molecule has 23 heavy (non-hydrogen) atoms. The fourth-order valence-electron chi connectivity index (χ4n) is 2.19. The third-order valence-corrected chi connectivity index (χ3v) is 4.72. The van der Waals surface area contributed by atoms with Crippen molar-refractivity contribution in [3.63, 3.8) is 0 Å². The van der Waals surface area contributed by atoms with Gasteiger partial charge in [-0.1, -0.05) is 18.2 Å². The second kappa shape index (κ2) is 7.30. The van der Waals surface area contributed by atoms with Crippen molar-refractivity contribution in [2.75, 3.05) is 6.54 Å². The van der Waals surface area contributed by atoms with Crippen LogP contribution in [0.4, 0.5) is 5.69 Å². The quantitative estimate of drug-likeness (QED) is 0.615. The van der Waals surface area contributed by atoms with Crippen LogP contribution in [-0.4, -0.2) is 24.9 Å². The van der Waals surface area contributed by atoms with Crippen molar-refractivity contribution in [1.82, 2.24) is 9.71 Å². The molecule has 0 radical (unpaired) electrons. The summed E-state index contributed by atoms with van der Waals surface area (Å²) in [7, 11) is -3.64. The number of nitro benzene ring substituents is 1. The van der Waals surface area contributed by atoms with E-state index in [0.29, 0.717) is 6.42 Å². The molecule has 0 aliphatic heterocycles. The number of nitro groups is 1. The van der Waals surface area contributed by atoms with E-state index >= 15 is 0 Å². The minimum absolute atomic E-state index is 0.171. The van der Waals surface area contributed by atoms with E-state index in [1.807, 2.05) is 13.0 Å². The minimum Gasteiger partial charge on any atom is -0.264 e. The van der Waals surface area contributed by atoms with Crippen molar-refractivity contribution in [3.8, 4) is 0 Å². The van der Waals surface area contributed by atoms with Crippen molar-refractivity contribution < 1.29 is 13.3 Å². The van der Waals surface area contributed by atoms with Crippen LogP contribution in [0.1, 0.15) is 16.7 Å². The molecule has 2 rings (SSSR count). The average Bonchev–Trinajstić information content (AvgIpc) is 2.49. The van der Waals surface area contributed by atoms with Crippen LogP contribution < -0.4 is 4.72 Å². The highest BCUT2D eigenvalue weighted by molar-refractivity contribution is 7.88. The van der Waals surface area contributed by atoms with Gasteiger partial charge in [-0.3, -0.25) is 15.1 Å². The number of para-hydroxylation sites is 1. The van der Waals surface area contributed by atoms with Gasteiger partial charge >= 0.3 is 0 Å². The van der Waals surface area contributed by atoms with Crippen LogP contribution in [0.3, 0.4) is 0 Å². The molecule has 1 aromatic carbocycles. The van der Waals surface area contributed by atoms with Crippen molar-refractivity contribution in [3.05, 3.63) is 69.5 Å². The first-order valence-electron chi connectivity index (χ1n) is 6.98. The van der Waals surface area contributed by atoms with Crippen LogP contribution in [-0.2, 0) is 22.2 Å². The Hall–Kier alpha value is -2.32. The third kappa shape index (κ3) is 4.83. The van der Waals surface area contributed by atoms with Gasteiger partial charge in [0.05, 0.1) is 10.7 Å². The average molecular weight is 335 g/mol. The highest BCUT2D eigenvalue weighted by Gasteiger charge is 2.19. The van der Waals surface area contributed by atoms with Crippen LogP contribution >= 0.6 is 0 Å². The number of nitrogens with one attached hydrogen (secondary N) is 1. The Morgan fingerprint density at radius 2 is 1.96 bits per heavy atom. The SMILES string of the molecule is Cc1cnccc1CCNS(=O)(=O)Cc1ccccc1[N+](=O)[O-]. The van der Waals surface area contributed by atoms with E-state index in [2.05, 4.69) is 9.71 Å². The molecule has 122 valence electrons. The van der Waals surface area contributed by atoms with Crippen LogP contribution in [0.15, 0.2) is 42.7 Å². The number of benzene rings is 1. The van der Waals surface area contributed by atoms with E-state index in [9.17, 15) is 18.5 Å². The predicted molar refractivity (Wildman–Crippen MR) is 86.4 cm³/mol. The van der Waals surface area contributed by atoms with Gasteiger partial charge in [0.15, 0.2) is 0 Å². The lowest BCUT2D eigenvalue weighted by Crippen LogP contribution is -2.27. The molecule has 0 saturated heterocycles. The molecule has 0 saturated carbocycles. The van der Waals surface area contributed by atoms with Gasteiger partial charge in [0.1, 0.15) is 0 Å². The number of hydrogen-bond acceptors (Lipinski definition) is 5. The fraction of sp³-hybridized carbons (Fsp3) is 0.267.